The predicted molar refractivity (Wildman–Crippen MR) is 87.6 cm³/mol. The number of imidazole rings is 1. The molecule has 1 aliphatic rings. The zero-order valence-corrected chi connectivity index (χ0v) is 13.0. The van der Waals surface area contributed by atoms with Gasteiger partial charge in [0.25, 0.3) is 5.91 Å². The number of halogens is 1. The normalized spacial score (nSPS) is 15.4. The van der Waals surface area contributed by atoms with Crippen molar-refractivity contribution in [3.05, 3.63) is 46.1 Å². The summed E-state index contributed by atoms with van der Waals surface area (Å²) in [6.45, 7) is 0. The topological polar surface area (TPSA) is 55.6 Å². The Bertz CT molecular complexity index is 942. The summed E-state index contributed by atoms with van der Waals surface area (Å²) >= 11 is 7.55. The molecule has 1 amide bonds. The fourth-order valence-corrected chi connectivity index (χ4v) is 3.39. The van der Waals surface area contributed by atoms with Gasteiger partial charge in [-0.15, -0.1) is 11.3 Å². The quantitative estimate of drug-likeness (QED) is 0.731. The maximum absolute atomic E-state index is 12.3. The number of fused-ring (bicyclic) bond motifs is 2. The first-order chi connectivity index (χ1) is 10.7. The summed E-state index contributed by atoms with van der Waals surface area (Å²) in [4.78, 5) is 17.5. The summed E-state index contributed by atoms with van der Waals surface area (Å²) in [7, 11) is 1.56. The number of hydrogen-bond donors (Lipinski definition) is 1. The van der Waals surface area contributed by atoms with Gasteiger partial charge in [-0.3, -0.25) is 9.20 Å². The lowest BCUT2D eigenvalue weighted by molar-refractivity contribution is -0.110. The molecule has 0 saturated heterocycles. The fourth-order valence-electron chi connectivity index (χ4n) is 2.51. The van der Waals surface area contributed by atoms with Crippen LogP contribution in [-0.2, 0) is 4.79 Å². The minimum Gasteiger partial charge on any atom is -0.479 e. The average Bonchev–Trinajstić information content (AvgIpc) is 3.15. The summed E-state index contributed by atoms with van der Waals surface area (Å²) in [5.74, 6) is 0.326. The van der Waals surface area contributed by atoms with Crippen LogP contribution in [0.5, 0.6) is 5.88 Å². The molecule has 1 aromatic carbocycles. The predicted octanol–water partition coefficient (Wildman–Crippen LogP) is 3.55. The van der Waals surface area contributed by atoms with Gasteiger partial charge < -0.3 is 10.1 Å². The minimum atomic E-state index is -0.163. The molecule has 0 saturated carbocycles. The van der Waals surface area contributed by atoms with E-state index in [1.54, 1.807) is 31.4 Å². The number of ether oxygens (including phenoxy) is 1. The van der Waals surface area contributed by atoms with Gasteiger partial charge in [0, 0.05) is 27.9 Å². The molecule has 0 bridgehead atoms. The number of anilines is 1. The van der Waals surface area contributed by atoms with Crippen LogP contribution in [0, 0.1) is 0 Å². The highest BCUT2D eigenvalue weighted by Gasteiger charge is 2.25. The number of aromatic nitrogens is 2. The second-order valence-electron chi connectivity index (χ2n) is 4.76. The van der Waals surface area contributed by atoms with Crippen molar-refractivity contribution in [2.45, 2.75) is 0 Å². The third kappa shape index (κ3) is 1.92. The molecule has 0 unspecified atom stereocenters. The first-order valence-electron chi connectivity index (χ1n) is 6.50. The van der Waals surface area contributed by atoms with Crippen LogP contribution in [0.15, 0.2) is 29.8 Å². The van der Waals surface area contributed by atoms with Crippen LogP contribution in [-0.4, -0.2) is 22.4 Å². The fraction of sp³-hybridized carbons (Fsp3) is 0.0667. The van der Waals surface area contributed by atoms with Crippen molar-refractivity contribution in [2.75, 3.05) is 12.4 Å². The largest absolute Gasteiger partial charge is 0.479 e. The molecular formula is C15H10ClN3O2S. The van der Waals surface area contributed by atoms with Gasteiger partial charge in [-0.25, -0.2) is 0 Å². The van der Waals surface area contributed by atoms with Crippen LogP contribution in [0.4, 0.5) is 5.69 Å². The van der Waals surface area contributed by atoms with Gasteiger partial charge in [-0.2, -0.15) is 4.98 Å². The smallest absolute Gasteiger partial charge is 0.256 e. The molecule has 2 aromatic heterocycles. The Balaban J connectivity index is 1.94. The zero-order valence-electron chi connectivity index (χ0n) is 11.5. The van der Waals surface area contributed by atoms with E-state index in [0.29, 0.717) is 16.5 Å². The van der Waals surface area contributed by atoms with Gasteiger partial charge in [-0.05, 0) is 24.3 Å². The number of carbonyl (C=O) groups excluding carboxylic acids is 1. The molecule has 5 nitrogen and oxygen atoms in total. The molecule has 7 heteroatoms. The van der Waals surface area contributed by atoms with E-state index in [1.165, 1.54) is 11.3 Å². The van der Waals surface area contributed by atoms with Crippen molar-refractivity contribution in [3.63, 3.8) is 0 Å². The Morgan fingerprint density at radius 2 is 2.32 bits per heavy atom. The number of hydrogen-bond acceptors (Lipinski definition) is 4. The van der Waals surface area contributed by atoms with E-state index in [1.807, 2.05) is 16.0 Å². The van der Waals surface area contributed by atoms with E-state index in [-0.39, 0.29) is 5.91 Å². The molecule has 1 N–H and O–H groups in total. The summed E-state index contributed by atoms with van der Waals surface area (Å²) < 4.78 is 7.21. The van der Waals surface area contributed by atoms with E-state index in [9.17, 15) is 4.79 Å². The Morgan fingerprint density at radius 3 is 3.14 bits per heavy atom. The van der Waals surface area contributed by atoms with E-state index >= 15 is 0 Å². The van der Waals surface area contributed by atoms with Crippen LogP contribution < -0.4 is 10.1 Å². The second-order valence-corrected chi connectivity index (χ2v) is 6.07. The minimum absolute atomic E-state index is 0.163. The SMILES string of the molecule is COc1nc2sccn2c1/C=C1/C(=O)Nc2ccc(Cl)cc21. The van der Waals surface area contributed by atoms with Gasteiger partial charge in [0.15, 0.2) is 4.96 Å². The second kappa shape index (κ2) is 4.86. The third-order valence-corrected chi connectivity index (χ3v) is 4.50. The van der Waals surface area contributed by atoms with Gasteiger partial charge in [0.1, 0.15) is 5.69 Å². The van der Waals surface area contributed by atoms with Crippen LogP contribution >= 0.6 is 22.9 Å². The summed E-state index contributed by atoms with van der Waals surface area (Å²) in [6, 6.07) is 5.32. The molecule has 0 aliphatic carbocycles. The number of rotatable bonds is 2. The Labute approximate surface area is 134 Å². The highest BCUT2D eigenvalue weighted by molar-refractivity contribution is 7.15. The maximum atomic E-state index is 12.3. The Morgan fingerprint density at radius 1 is 1.45 bits per heavy atom. The average molecular weight is 332 g/mol. The number of carbonyl (C=O) groups is 1. The van der Waals surface area contributed by atoms with Gasteiger partial charge in [0.2, 0.25) is 5.88 Å². The van der Waals surface area contributed by atoms with Gasteiger partial charge in [-0.1, -0.05) is 11.6 Å². The van der Waals surface area contributed by atoms with Crippen LogP contribution in [0.25, 0.3) is 16.6 Å². The number of nitrogens with zero attached hydrogens (tertiary/aromatic N) is 2. The molecule has 3 aromatic rings. The number of nitrogens with one attached hydrogen (secondary N) is 1. The molecular weight excluding hydrogens is 322 g/mol. The first-order valence-corrected chi connectivity index (χ1v) is 7.75. The molecule has 0 radical (unpaired) electrons. The lowest BCUT2D eigenvalue weighted by Gasteiger charge is -2.01. The van der Waals surface area contributed by atoms with E-state index in [2.05, 4.69) is 10.3 Å². The molecule has 3 heterocycles. The number of thiazole rings is 1. The summed E-state index contributed by atoms with van der Waals surface area (Å²) in [5, 5.41) is 5.35. The Kier molecular flexibility index (Phi) is 2.95. The summed E-state index contributed by atoms with van der Waals surface area (Å²) in [6.07, 6.45) is 3.68. The van der Waals surface area contributed by atoms with Crippen LogP contribution in [0.2, 0.25) is 5.02 Å². The molecule has 0 atom stereocenters. The zero-order chi connectivity index (χ0) is 15.3. The molecule has 0 spiro atoms. The molecule has 1 aliphatic heterocycles. The van der Waals surface area contributed by atoms with Crippen molar-refractivity contribution in [2.24, 2.45) is 0 Å². The number of benzene rings is 1. The molecule has 4 rings (SSSR count). The van der Waals surface area contributed by atoms with Gasteiger partial charge in [0.05, 0.1) is 12.7 Å². The van der Waals surface area contributed by atoms with Gasteiger partial charge >= 0.3 is 0 Å². The van der Waals surface area contributed by atoms with Crippen molar-refractivity contribution < 1.29 is 9.53 Å². The third-order valence-electron chi connectivity index (χ3n) is 3.50. The van der Waals surface area contributed by atoms with E-state index in [0.717, 1.165) is 21.9 Å². The first kappa shape index (κ1) is 13.4. The number of amides is 1. The van der Waals surface area contributed by atoms with Crippen LogP contribution in [0.3, 0.4) is 0 Å². The number of methoxy groups -OCH3 is 1. The standard InChI is InChI=1S/C15H10ClN3O2S/c1-21-14-12(19-4-5-22-15(19)18-14)7-10-9-6-8(16)2-3-11(9)17-13(10)20/h2-7H,1H3,(H,17,20)/b10-7+. The van der Waals surface area contributed by atoms with Crippen LogP contribution in [0.1, 0.15) is 11.3 Å². The van der Waals surface area contributed by atoms with E-state index < -0.39 is 0 Å². The molecule has 22 heavy (non-hydrogen) atoms. The monoisotopic (exact) mass is 331 g/mol. The highest BCUT2D eigenvalue weighted by atomic mass is 35.5. The van der Waals surface area contributed by atoms with Crippen molar-refractivity contribution in [3.8, 4) is 5.88 Å². The Hall–Kier alpha value is -2.31. The van der Waals surface area contributed by atoms with Crippen molar-refractivity contribution in [1.29, 1.82) is 0 Å². The lowest BCUT2D eigenvalue weighted by atomic mass is 10.1. The molecule has 0 fully saturated rings. The lowest BCUT2D eigenvalue weighted by Crippen LogP contribution is -2.03. The van der Waals surface area contributed by atoms with Crippen molar-refractivity contribution in [1.82, 2.24) is 9.38 Å². The maximum Gasteiger partial charge on any atom is 0.256 e. The van der Waals surface area contributed by atoms with E-state index in [4.69, 9.17) is 16.3 Å². The van der Waals surface area contributed by atoms with Crippen molar-refractivity contribution >= 4 is 51.1 Å². The molecule has 110 valence electrons. The highest BCUT2D eigenvalue weighted by Crippen LogP contribution is 2.36. The summed E-state index contributed by atoms with van der Waals surface area (Å²) in [5.41, 5.74) is 2.82.